The van der Waals surface area contributed by atoms with E-state index in [1.165, 1.54) is 9.75 Å². The van der Waals surface area contributed by atoms with Crippen molar-refractivity contribution in [1.82, 2.24) is 5.32 Å². The summed E-state index contributed by atoms with van der Waals surface area (Å²) in [5.74, 6) is 0. The van der Waals surface area contributed by atoms with Gasteiger partial charge in [0.15, 0.2) is 0 Å². The topological polar surface area (TPSA) is 30.5 Å². The molecule has 1 aliphatic heterocycles. The largest absolute Gasteiger partial charge is 0.376 e. The SMILES string of the molecule is CNC(c1ccc(C(C)(C)C)s1)C1COCCO1. The molecule has 2 heterocycles. The Morgan fingerprint density at radius 2 is 2.11 bits per heavy atom. The van der Waals surface area contributed by atoms with Gasteiger partial charge in [-0.3, -0.25) is 0 Å². The number of hydrogen-bond acceptors (Lipinski definition) is 4. The van der Waals surface area contributed by atoms with Crippen LogP contribution >= 0.6 is 11.3 Å². The van der Waals surface area contributed by atoms with Gasteiger partial charge in [-0.1, -0.05) is 20.8 Å². The van der Waals surface area contributed by atoms with E-state index in [0.29, 0.717) is 19.8 Å². The van der Waals surface area contributed by atoms with Crippen LogP contribution in [0.4, 0.5) is 0 Å². The summed E-state index contributed by atoms with van der Waals surface area (Å²) in [6, 6.07) is 4.67. The van der Waals surface area contributed by atoms with Crippen molar-refractivity contribution in [2.24, 2.45) is 0 Å². The molecule has 0 spiro atoms. The second-order valence-corrected chi connectivity index (χ2v) is 6.82. The van der Waals surface area contributed by atoms with Crippen LogP contribution in [0.5, 0.6) is 0 Å². The molecule has 0 saturated carbocycles. The highest BCUT2D eigenvalue weighted by atomic mass is 32.1. The first-order valence-corrected chi connectivity index (χ1v) is 7.31. The van der Waals surface area contributed by atoms with Crippen LogP contribution in [0.3, 0.4) is 0 Å². The number of ether oxygens (including phenoxy) is 2. The lowest BCUT2D eigenvalue weighted by Gasteiger charge is -2.29. The highest BCUT2D eigenvalue weighted by Gasteiger charge is 2.27. The van der Waals surface area contributed by atoms with Crippen LogP contribution in [0.15, 0.2) is 12.1 Å². The predicted octanol–water partition coefficient (Wildman–Crippen LogP) is 2.72. The Balaban J connectivity index is 2.14. The Labute approximate surface area is 113 Å². The molecule has 1 aliphatic rings. The molecule has 1 fully saturated rings. The molecule has 1 aromatic rings. The van der Waals surface area contributed by atoms with Crippen molar-refractivity contribution < 1.29 is 9.47 Å². The van der Waals surface area contributed by atoms with Crippen molar-refractivity contribution in [3.63, 3.8) is 0 Å². The Bertz CT molecular complexity index is 377. The van der Waals surface area contributed by atoms with Gasteiger partial charge < -0.3 is 14.8 Å². The average molecular weight is 269 g/mol. The van der Waals surface area contributed by atoms with Crippen molar-refractivity contribution in [2.45, 2.75) is 38.3 Å². The van der Waals surface area contributed by atoms with E-state index in [0.717, 1.165) is 0 Å². The summed E-state index contributed by atoms with van der Waals surface area (Å²) in [6.45, 7) is 8.82. The molecule has 0 bridgehead atoms. The molecule has 0 aromatic carbocycles. The fraction of sp³-hybridized carbons (Fsp3) is 0.714. The number of hydrogen-bond donors (Lipinski definition) is 1. The van der Waals surface area contributed by atoms with Gasteiger partial charge in [0.2, 0.25) is 0 Å². The zero-order chi connectivity index (χ0) is 13.2. The fourth-order valence-electron chi connectivity index (χ4n) is 2.13. The Hall–Kier alpha value is -0.420. The first kappa shape index (κ1) is 14.0. The Kier molecular flexibility index (Phi) is 4.43. The Morgan fingerprint density at radius 3 is 2.61 bits per heavy atom. The summed E-state index contributed by atoms with van der Waals surface area (Å²) in [5, 5.41) is 3.36. The van der Waals surface area contributed by atoms with E-state index < -0.39 is 0 Å². The standard InChI is InChI=1S/C14H23NO2S/c1-14(2,3)12-6-5-11(18-12)13(15-4)10-9-16-7-8-17-10/h5-6,10,13,15H,7-9H2,1-4H3. The van der Waals surface area contributed by atoms with Crippen LogP contribution in [0.25, 0.3) is 0 Å². The maximum Gasteiger partial charge on any atom is 0.101 e. The third-order valence-electron chi connectivity index (χ3n) is 3.20. The van der Waals surface area contributed by atoms with E-state index in [1.54, 1.807) is 0 Å². The third kappa shape index (κ3) is 3.12. The van der Waals surface area contributed by atoms with Gasteiger partial charge in [0.25, 0.3) is 0 Å². The van der Waals surface area contributed by atoms with E-state index >= 15 is 0 Å². The van der Waals surface area contributed by atoms with E-state index in [1.807, 2.05) is 18.4 Å². The van der Waals surface area contributed by atoms with E-state index in [2.05, 4.69) is 38.2 Å². The lowest BCUT2D eigenvalue weighted by atomic mass is 9.95. The maximum absolute atomic E-state index is 5.80. The minimum atomic E-state index is 0.121. The smallest absolute Gasteiger partial charge is 0.101 e. The summed E-state index contributed by atoms with van der Waals surface area (Å²) in [6.07, 6.45) is 0.121. The van der Waals surface area contributed by atoms with Gasteiger partial charge in [0.1, 0.15) is 6.10 Å². The summed E-state index contributed by atoms with van der Waals surface area (Å²) in [7, 11) is 1.99. The highest BCUT2D eigenvalue weighted by Crippen LogP contribution is 2.34. The predicted molar refractivity (Wildman–Crippen MR) is 75.4 cm³/mol. The normalized spacial score (nSPS) is 23.0. The maximum atomic E-state index is 5.80. The van der Waals surface area contributed by atoms with Gasteiger partial charge in [-0.15, -0.1) is 11.3 Å². The molecule has 1 aromatic heterocycles. The van der Waals surface area contributed by atoms with Crippen LogP contribution in [0.1, 0.15) is 36.6 Å². The van der Waals surface area contributed by atoms with Crippen molar-refractivity contribution in [3.05, 3.63) is 21.9 Å². The molecule has 18 heavy (non-hydrogen) atoms. The molecule has 0 amide bonds. The van der Waals surface area contributed by atoms with Crippen molar-refractivity contribution in [1.29, 1.82) is 0 Å². The van der Waals surface area contributed by atoms with Crippen LogP contribution in [-0.4, -0.2) is 33.0 Å². The molecule has 4 heteroatoms. The van der Waals surface area contributed by atoms with Gasteiger partial charge in [-0.2, -0.15) is 0 Å². The number of likely N-dealkylation sites (N-methyl/N-ethyl adjacent to an activating group) is 1. The van der Waals surface area contributed by atoms with Gasteiger partial charge >= 0.3 is 0 Å². The van der Waals surface area contributed by atoms with Gasteiger partial charge in [0, 0.05) is 9.75 Å². The summed E-state index contributed by atoms with van der Waals surface area (Å²) in [4.78, 5) is 2.74. The monoisotopic (exact) mass is 269 g/mol. The molecule has 0 aliphatic carbocycles. The first-order valence-electron chi connectivity index (χ1n) is 6.49. The van der Waals surface area contributed by atoms with Crippen LogP contribution in [0, 0.1) is 0 Å². The third-order valence-corrected chi connectivity index (χ3v) is 4.79. The highest BCUT2D eigenvalue weighted by molar-refractivity contribution is 7.12. The van der Waals surface area contributed by atoms with Gasteiger partial charge in [0.05, 0.1) is 25.9 Å². The van der Waals surface area contributed by atoms with Crippen LogP contribution in [-0.2, 0) is 14.9 Å². The molecule has 1 N–H and O–H groups in total. The summed E-state index contributed by atoms with van der Waals surface area (Å²) < 4.78 is 11.3. The Morgan fingerprint density at radius 1 is 1.33 bits per heavy atom. The zero-order valence-corrected chi connectivity index (χ0v) is 12.5. The molecular formula is C14H23NO2S. The minimum Gasteiger partial charge on any atom is -0.376 e. The summed E-state index contributed by atoms with van der Waals surface area (Å²) in [5.41, 5.74) is 0.213. The molecule has 3 nitrogen and oxygen atoms in total. The van der Waals surface area contributed by atoms with Gasteiger partial charge in [-0.25, -0.2) is 0 Å². The lowest BCUT2D eigenvalue weighted by molar-refractivity contribution is -0.101. The van der Waals surface area contributed by atoms with Crippen LogP contribution < -0.4 is 5.32 Å². The fourth-order valence-corrected chi connectivity index (χ4v) is 3.36. The van der Waals surface area contributed by atoms with Gasteiger partial charge in [-0.05, 0) is 24.6 Å². The summed E-state index contributed by atoms with van der Waals surface area (Å²) >= 11 is 1.87. The number of nitrogens with one attached hydrogen (secondary N) is 1. The molecular weight excluding hydrogens is 246 g/mol. The molecule has 2 rings (SSSR count). The second kappa shape index (κ2) is 5.70. The van der Waals surface area contributed by atoms with E-state index in [-0.39, 0.29) is 17.6 Å². The van der Waals surface area contributed by atoms with Crippen molar-refractivity contribution in [3.8, 4) is 0 Å². The zero-order valence-electron chi connectivity index (χ0n) is 11.7. The van der Waals surface area contributed by atoms with E-state index in [9.17, 15) is 0 Å². The molecule has 1 saturated heterocycles. The van der Waals surface area contributed by atoms with E-state index in [4.69, 9.17) is 9.47 Å². The average Bonchev–Trinajstić information content (AvgIpc) is 2.81. The molecule has 2 unspecified atom stereocenters. The van der Waals surface area contributed by atoms with Crippen molar-refractivity contribution >= 4 is 11.3 Å². The molecule has 2 atom stereocenters. The first-order chi connectivity index (χ1) is 8.52. The quantitative estimate of drug-likeness (QED) is 0.915. The lowest BCUT2D eigenvalue weighted by Crippen LogP contribution is -2.38. The molecule has 0 radical (unpaired) electrons. The minimum absolute atomic E-state index is 0.121. The van der Waals surface area contributed by atoms with Crippen LogP contribution in [0.2, 0.25) is 0 Å². The number of thiophene rings is 1. The second-order valence-electron chi connectivity index (χ2n) is 5.70. The number of rotatable bonds is 3. The van der Waals surface area contributed by atoms with Crippen molar-refractivity contribution in [2.75, 3.05) is 26.9 Å². The molecule has 102 valence electrons.